The van der Waals surface area contributed by atoms with Gasteiger partial charge in [0, 0.05) is 37.5 Å². The zero-order chi connectivity index (χ0) is 19.2. The Bertz CT molecular complexity index is 791. The first-order valence-electron chi connectivity index (χ1n) is 9.10. The van der Waals surface area contributed by atoms with Gasteiger partial charge in [-0.05, 0) is 37.5 Å². The van der Waals surface area contributed by atoms with Crippen molar-refractivity contribution < 1.29 is 14.1 Å². The molecule has 0 aliphatic carbocycles. The van der Waals surface area contributed by atoms with Crippen LogP contribution in [-0.2, 0) is 22.4 Å². The lowest BCUT2D eigenvalue weighted by molar-refractivity contribution is -0.130. The van der Waals surface area contributed by atoms with Crippen LogP contribution in [0.5, 0.6) is 0 Å². The van der Waals surface area contributed by atoms with E-state index in [2.05, 4.69) is 15.5 Å². The molecule has 0 unspecified atom stereocenters. The van der Waals surface area contributed by atoms with Crippen molar-refractivity contribution in [1.29, 1.82) is 0 Å². The Morgan fingerprint density at radius 3 is 2.78 bits per heavy atom. The van der Waals surface area contributed by atoms with Crippen molar-refractivity contribution in [3.8, 4) is 0 Å². The first kappa shape index (κ1) is 19.4. The molecule has 1 atom stereocenters. The number of hydrogen-bond acceptors (Lipinski definition) is 5. The second-order valence-electron chi connectivity index (χ2n) is 6.73. The molecule has 1 fully saturated rings. The third-order valence-electron chi connectivity index (χ3n) is 4.66. The quantitative estimate of drug-likeness (QED) is 0.782. The van der Waals surface area contributed by atoms with Gasteiger partial charge in [-0.1, -0.05) is 28.9 Å². The number of likely N-dealkylation sites (tertiary alicyclic amines) is 1. The zero-order valence-corrected chi connectivity index (χ0v) is 16.0. The van der Waals surface area contributed by atoms with Crippen LogP contribution in [0.25, 0.3) is 0 Å². The van der Waals surface area contributed by atoms with Crippen molar-refractivity contribution in [1.82, 2.24) is 20.4 Å². The number of aromatic nitrogens is 2. The van der Waals surface area contributed by atoms with Crippen LogP contribution in [-0.4, -0.2) is 46.5 Å². The molecule has 1 N–H and O–H groups in total. The summed E-state index contributed by atoms with van der Waals surface area (Å²) >= 11 is 5.87. The average molecular weight is 391 g/mol. The molecule has 1 aliphatic heterocycles. The van der Waals surface area contributed by atoms with Crippen LogP contribution < -0.4 is 5.32 Å². The molecule has 1 aromatic carbocycles. The SMILES string of the molecule is Cc1noc(CCC(=O)N2CC[C@@H](C(=O)NCCc3ccc(Cl)cc3)C2)n1. The molecule has 1 aromatic heterocycles. The van der Waals surface area contributed by atoms with Gasteiger partial charge in [0.2, 0.25) is 17.7 Å². The van der Waals surface area contributed by atoms with Crippen LogP contribution in [0.3, 0.4) is 0 Å². The summed E-state index contributed by atoms with van der Waals surface area (Å²) in [7, 11) is 0. The Kier molecular flexibility index (Phi) is 6.45. The van der Waals surface area contributed by atoms with Gasteiger partial charge in [-0.2, -0.15) is 4.98 Å². The minimum atomic E-state index is -0.148. The van der Waals surface area contributed by atoms with E-state index in [1.54, 1.807) is 11.8 Å². The number of carbonyl (C=O) groups excluding carboxylic acids is 2. The Balaban J connectivity index is 1.38. The van der Waals surface area contributed by atoms with E-state index in [-0.39, 0.29) is 17.7 Å². The third-order valence-corrected chi connectivity index (χ3v) is 4.91. The Labute approximate surface area is 163 Å². The molecule has 0 radical (unpaired) electrons. The van der Waals surface area contributed by atoms with Crippen LogP contribution in [0.1, 0.15) is 30.1 Å². The van der Waals surface area contributed by atoms with Gasteiger partial charge < -0.3 is 14.7 Å². The molecule has 1 aliphatic rings. The van der Waals surface area contributed by atoms with Crippen molar-refractivity contribution in [2.24, 2.45) is 5.92 Å². The molecular formula is C19H23ClN4O3. The van der Waals surface area contributed by atoms with Gasteiger partial charge in [0.1, 0.15) is 0 Å². The standard InChI is InChI=1S/C19H23ClN4O3/c1-13-22-17(27-23-13)6-7-18(25)24-11-9-15(12-24)19(26)21-10-8-14-2-4-16(20)5-3-14/h2-5,15H,6-12H2,1H3,(H,21,26)/t15-/m1/s1. The minimum absolute atomic E-state index is 0.00629. The molecular weight excluding hydrogens is 368 g/mol. The van der Waals surface area contributed by atoms with Crippen molar-refractivity contribution in [2.45, 2.75) is 32.6 Å². The van der Waals surface area contributed by atoms with Gasteiger partial charge in [0.05, 0.1) is 5.92 Å². The normalized spacial score (nSPS) is 16.5. The molecule has 2 aromatic rings. The number of halogens is 1. The van der Waals surface area contributed by atoms with E-state index < -0.39 is 0 Å². The highest BCUT2D eigenvalue weighted by Gasteiger charge is 2.30. The predicted molar refractivity (Wildman–Crippen MR) is 100 cm³/mol. The van der Waals surface area contributed by atoms with E-state index >= 15 is 0 Å². The predicted octanol–water partition coefficient (Wildman–Crippen LogP) is 2.17. The molecule has 2 amide bonds. The number of aryl methyl sites for hydroxylation is 2. The smallest absolute Gasteiger partial charge is 0.227 e. The lowest BCUT2D eigenvalue weighted by atomic mass is 10.1. The lowest BCUT2D eigenvalue weighted by Gasteiger charge is -2.16. The maximum Gasteiger partial charge on any atom is 0.227 e. The van der Waals surface area contributed by atoms with Gasteiger partial charge in [0.25, 0.3) is 0 Å². The Morgan fingerprint density at radius 1 is 1.30 bits per heavy atom. The lowest BCUT2D eigenvalue weighted by Crippen LogP contribution is -2.35. The molecule has 27 heavy (non-hydrogen) atoms. The van der Waals surface area contributed by atoms with E-state index in [1.165, 1.54) is 0 Å². The summed E-state index contributed by atoms with van der Waals surface area (Å²) in [5.41, 5.74) is 1.12. The van der Waals surface area contributed by atoms with Gasteiger partial charge in [-0.15, -0.1) is 0 Å². The topological polar surface area (TPSA) is 88.3 Å². The van der Waals surface area contributed by atoms with Crippen molar-refractivity contribution in [3.63, 3.8) is 0 Å². The summed E-state index contributed by atoms with van der Waals surface area (Å²) in [6.45, 7) is 3.39. The van der Waals surface area contributed by atoms with E-state index in [4.69, 9.17) is 16.1 Å². The number of nitrogens with one attached hydrogen (secondary N) is 1. The van der Waals surface area contributed by atoms with E-state index in [0.29, 0.717) is 55.6 Å². The van der Waals surface area contributed by atoms with Crippen molar-refractivity contribution in [2.75, 3.05) is 19.6 Å². The van der Waals surface area contributed by atoms with Crippen LogP contribution >= 0.6 is 11.6 Å². The van der Waals surface area contributed by atoms with Crippen LogP contribution in [0.4, 0.5) is 0 Å². The van der Waals surface area contributed by atoms with Gasteiger partial charge in [0.15, 0.2) is 5.82 Å². The molecule has 3 rings (SSSR count). The highest BCUT2D eigenvalue weighted by molar-refractivity contribution is 6.30. The molecule has 7 nitrogen and oxygen atoms in total. The van der Waals surface area contributed by atoms with Gasteiger partial charge in [-0.3, -0.25) is 9.59 Å². The number of hydrogen-bond donors (Lipinski definition) is 1. The first-order valence-corrected chi connectivity index (χ1v) is 9.48. The molecule has 0 bridgehead atoms. The summed E-state index contributed by atoms with van der Waals surface area (Å²) in [4.78, 5) is 30.5. The second-order valence-corrected chi connectivity index (χ2v) is 7.16. The molecule has 0 saturated carbocycles. The third kappa shape index (κ3) is 5.53. The maximum absolute atomic E-state index is 12.3. The zero-order valence-electron chi connectivity index (χ0n) is 15.3. The summed E-state index contributed by atoms with van der Waals surface area (Å²) in [6.07, 6.45) is 2.18. The molecule has 8 heteroatoms. The monoisotopic (exact) mass is 390 g/mol. The molecule has 144 valence electrons. The number of nitrogens with zero attached hydrogens (tertiary/aromatic N) is 3. The van der Waals surface area contributed by atoms with Crippen LogP contribution in [0.2, 0.25) is 5.02 Å². The summed E-state index contributed by atoms with van der Waals surface area (Å²) in [5.74, 6) is 0.907. The molecule has 0 spiro atoms. The Hall–Kier alpha value is -2.41. The highest BCUT2D eigenvalue weighted by atomic mass is 35.5. The summed E-state index contributed by atoms with van der Waals surface area (Å²) < 4.78 is 5.02. The van der Waals surface area contributed by atoms with E-state index in [9.17, 15) is 9.59 Å². The van der Waals surface area contributed by atoms with Crippen LogP contribution in [0, 0.1) is 12.8 Å². The minimum Gasteiger partial charge on any atom is -0.355 e. The molecule has 2 heterocycles. The number of carbonyl (C=O) groups is 2. The largest absolute Gasteiger partial charge is 0.355 e. The fourth-order valence-corrected chi connectivity index (χ4v) is 3.27. The fraction of sp³-hybridized carbons (Fsp3) is 0.474. The van der Waals surface area contributed by atoms with E-state index in [0.717, 1.165) is 12.0 Å². The highest BCUT2D eigenvalue weighted by Crippen LogP contribution is 2.18. The van der Waals surface area contributed by atoms with Gasteiger partial charge in [-0.25, -0.2) is 0 Å². The Morgan fingerprint density at radius 2 is 2.07 bits per heavy atom. The molecule has 1 saturated heterocycles. The number of benzene rings is 1. The van der Waals surface area contributed by atoms with Crippen LogP contribution in [0.15, 0.2) is 28.8 Å². The first-order chi connectivity index (χ1) is 13.0. The average Bonchev–Trinajstić information content (AvgIpc) is 3.30. The fourth-order valence-electron chi connectivity index (χ4n) is 3.14. The van der Waals surface area contributed by atoms with E-state index in [1.807, 2.05) is 24.3 Å². The summed E-state index contributed by atoms with van der Waals surface area (Å²) in [6, 6.07) is 7.59. The maximum atomic E-state index is 12.3. The number of rotatable bonds is 7. The summed E-state index contributed by atoms with van der Waals surface area (Å²) in [5, 5.41) is 7.38. The van der Waals surface area contributed by atoms with Crippen molar-refractivity contribution in [3.05, 3.63) is 46.6 Å². The number of amides is 2. The second kappa shape index (κ2) is 8.99. The van der Waals surface area contributed by atoms with Gasteiger partial charge >= 0.3 is 0 Å². The van der Waals surface area contributed by atoms with Crippen molar-refractivity contribution >= 4 is 23.4 Å².